The first-order valence-corrected chi connectivity index (χ1v) is 9.41. The van der Waals surface area contributed by atoms with Crippen molar-refractivity contribution in [2.75, 3.05) is 53.9 Å². The lowest BCUT2D eigenvalue weighted by molar-refractivity contribution is 0.232. The molecule has 2 saturated heterocycles. The zero-order chi connectivity index (χ0) is 15.5. The van der Waals surface area contributed by atoms with Crippen LogP contribution in [0.15, 0.2) is 0 Å². The first-order valence-electron chi connectivity index (χ1n) is 8.01. The maximum atomic E-state index is 12.7. The fraction of sp³-hybridized carbons (Fsp3) is 1.00. The van der Waals surface area contributed by atoms with Crippen LogP contribution in [0.25, 0.3) is 0 Å². The standard InChI is InChI=1S/C14H30N4O2S/c1-15-10-13-6-4-9-18(11-13)21(19,20)17(3)12-14-7-5-8-16(14)2/h13-15H,4-12H2,1-3H3. The number of rotatable bonds is 6. The zero-order valence-electron chi connectivity index (χ0n) is 13.6. The van der Waals surface area contributed by atoms with Gasteiger partial charge in [0.25, 0.3) is 10.2 Å². The predicted octanol–water partition coefficient (Wildman–Crippen LogP) is 0.189. The van der Waals surface area contributed by atoms with Gasteiger partial charge in [0.2, 0.25) is 0 Å². The second kappa shape index (κ2) is 7.37. The summed E-state index contributed by atoms with van der Waals surface area (Å²) in [7, 11) is 2.42. The Morgan fingerprint density at radius 2 is 1.95 bits per heavy atom. The minimum atomic E-state index is -3.31. The van der Waals surface area contributed by atoms with Gasteiger partial charge >= 0.3 is 0 Å². The quantitative estimate of drug-likeness (QED) is 0.759. The molecule has 2 unspecified atom stereocenters. The Kier molecular flexibility index (Phi) is 6.02. The van der Waals surface area contributed by atoms with Crippen LogP contribution in [0, 0.1) is 5.92 Å². The van der Waals surface area contributed by atoms with Gasteiger partial charge in [-0.2, -0.15) is 17.0 Å². The molecule has 2 aliphatic rings. The highest BCUT2D eigenvalue weighted by Crippen LogP contribution is 2.22. The molecule has 2 atom stereocenters. The molecule has 7 heteroatoms. The third-order valence-corrected chi connectivity index (χ3v) is 6.76. The third kappa shape index (κ3) is 4.16. The molecule has 2 aliphatic heterocycles. The number of likely N-dealkylation sites (tertiary alicyclic amines) is 1. The van der Waals surface area contributed by atoms with E-state index in [0.29, 0.717) is 31.6 Å². The Bertz CT molecular complexity index is 427. The summed E-state index contributed by atoms with van der Waals surface area (Å²) in [6.45, 7) is 3.88. The molecule has 0 bridgehead atoms. The summed E-state index contributed by atoms with van der Waals surface area (Å²) in [4.78, 5) is 2.27. The molecule has 0 aromatic heterocycles. The molecule has 1 N–H and O–H groups in total. The van der Waals surface area contributed by atoms with E-state index in [-0.39, 0.29) is 0 Å². The first kappa shape index (κ1) is 17.1. The molecular formula is C14H30N4O2S. The van der Waals surface area contributed by atoms with Crippen molar-refractivity contribution in [1.82, 2.24) is 18.8 Å². The van der Waals surface area contributed by atoms with E-state index in [1.807, 2.05) is 7.05 Å². The number of likely N-dealkylation sites (N-methyl/N-ethyl adjacent to an activating group) is 2. The minimum absolute atomic E-state index is 0.364. The largest absolute Gasteiger partial charge is 0.319 e. The van der Waals surface area contributed by atoms with Gasteiger partial charge in [-0.3, -0.25) is 0 Å². The number of hydrogen-bond acceptors (Lipinski definition) is 4. The zero-order valence-corrected chi connectivity index (χ0v) is 14.4. The topological polar surface area (TPSA) is 55.9 Å². The van der Waals surface area contributed by atoms with E-state index in [2.05, 4.69) is 17.3 Å². The average Bonchev–Trinajstić information content (AvgIpc) is 2.85. The predicted molar refractivity (Wildman–Crippen MR) is 85.4 cm³/mol. The van der Waals surface area contributed by atoms with Crippen LogP contribution in [0.1, 0.15) is 25.7 Å². The van der Waals surface area contributed by atoms with Crippen LogP contribution in [0.5, 0.6) is 0 Å². The van der Waals surface area contributed by atoms with Crippen molar-refractivity contribution in [2.24, 2.45) is 5.92 Å². The molecule has 0 amide bonds. The molecule has 0 saturated carbocycles. The van der Waals surface area contributed by atoms with E-state index < -0.39 is 10.2 Å². The lowest BCUT2D eigenvalue weighted by atomic mass is 10.00. The van der Waals surface area contributed by atoms with Gasteiger partial charge in [0.05, 0.1) is 0 Å². The van der Waals surface area contributed by atoms with Crippen LogP contribution < -0.4 is 5.32 Å². The van der Waals surface area contributed by atoms with E-state index >= 15 is 0 Å². The van der Waals surface area contributed by atoms with Gasteiger partial charge < -0.3 is 10.2 Å². The second-order valence-electron chi connectivity index (χ2n) is 6.49. The van der Waals surface area contributed by atoms with Crippen LogP contribution in [-0.2, 0) is 10.2 Å². The molecule has 0 radical (unpaired) electrons. The maximum absolute atomic E-state index is 12.7. The van der Waals surface area contributed by atoms with Crippen molar-refractivity contribution < 1.29 is 8.42 Å². The SMILES string of the molecule is CNCC1CCCN(S(=O)(=O)N(C)CC2CCCN2C)C1. The summed E-state index contributed by atoms with van der Waals surface area (Å²) in [5, 5.41) is 3.16. The molecule has 0 aromatic rings. The van der Waals surface area contributed by atoms with Crippen molar-refractivity contribution in [3.05, 3.63) is 0 Å². The highest BCUT2D eigenvalue weighted by Gasteiger charge is 2.33. The lowest BCUT2D eigenvalue weighted by Crippen LogP contribution is -2.50. The Balaban J connectivity index is 1.96. The van der Waals surface area contributed by atoms with Crippen LogP contribution in [-0.4, -0.2) is 81.8 Å². The van der Waals surface area contributed by atoms with E-state index in [1.165, 1.54) is 6.42 Å². The molecule has 2 rings (SSSR count). The van der Waals surface area contributed by atoms with Gasteiger partial charge in [0.1, 0.15) is 0 Å². The van der Waals surface area contributed by atoms with Gasteiger partial charge in [-0.25, -0.2) is 0 Å². The van der Waals surface area contributed by atoms with E-state index in [9.17, 15) is 8.42 Å². The Morgan fingerprint density at radius 1 is 1.24 bits per heavy atom. The summed E-state index contributed by atoms with van der Waals surface area (Å²) in [6, 6.07) is 0.364. The van der Waals surface area contributed by atoms with Gasteiger partial charge in [-0.15, -0.1) is 0 Å². The highest BCUT2D eigenvalue weighted by molar-refractivity contribution is 7.86. The van der Waals surface area contributed by atoms with E-state index in [0.717, 1.165) is 32.4 Å². The second-order valence-corrected chi connectivity index (χ2v) is 8.52. The van der Waals surface area contributed by atoms with Crippen molar-refractivity contribution in [3.8, 4) is 0 Å². The molecule has 2 fully saturated rings. The normalized spacial score (nSPS) is 29.3. The van der Waals surface area contributed by atoms with Crippen molar-refractivity contribution in [3.63, 3.8) is 0 Å². The number of piperidine rings is 1. The van der Waals surface area contributed by atoms with Gasteiger partial charge in [-0.1, -0.05) is 0 Å². The lowest BCUT2D eigenvalue weighted by Gasteiger charge is -2.35. The number of nitrogens with one attached hydrogen (secondary N) is 1. The van der Waals surface area contributed by atoms with Crippen LogP contribution in [0.4, 0.5) is 0 Å². The summed E-state index contributed by atoms with van der Waals surface area (Å²) >= 11 is 0. The summed E-state index contributed by atoms with van der Waals surface area (Å²) < 4.78 is 28.7. The van der Waals surface area contributed by atoms with Crippen LogP contribution in [0.3, 0.4) is 0 Å². The molecule has 124 valence electrons. The number of nitrogens with zero attached hydrogens (tertiary/aromatic N) is 3. The Labute approximate surface area is 129 Å². The average molecular weight is 318 g/mol. The van der Waals surface area contributed by atoms with Crippen molar-refractivity contribution >= 4 is 10.2 Å². The van der Waals surface area contributed by atoms with Gasteiger partial charge in [-0.05, 0) is 58.8 Å². The van der Waals surface area contributed by atoms with Crippen LogP contribution in [0.2, 0.25) is 0 Å². The minimum Gasteiger partial charge on any atom is -0.319 e. The Morgan fingerprint density at radius 3 is 2.57 bits per heavy atom. The Hall–Kier alpha value is -0.210. The van der Waals surface area contributed by atoms with Gasteiger partial charge in [0, 0.05) is 32.7 Å². The van der Waals surface area contributed by atoms with Gasteiger partial charge in [0.15, 0.2) is 0 Å². The fourth-order valence-electron chi connectivity index (χ4n) is 3.49. The number of hydrogen-bond donors (Lipinski definition) is 1. The van der Waals surface area contributed by atoms with E-state index in [1.54, 1.807) is 15.7 Å². The van der Waals surface area contributed by atoms with E-state index in [4.69, 9.17) is 0 Å². The molecule has 21 heavy (non-hydrogen) atoms. The van der Waals surface area contributed by atoms with Crippen LogP contribution >= 0.6 is 0 Å². The molecule has 0 aliphatic carbocycles. The molecular weight excluding hydrogens is 288 g/mol. The molecule has 6 nitrogen and oxygen atoms in total. The fourth-order valence-corrected chi connectivity index (χ4v) is 5.00. The molecule has 2 heterocycles. The van der Waals surface area contributed by atoms with Crippen molar-refractivity contribution in [1.29, 1.82) is 0 Å². The summed E-state index contributed by atoms with van der Waals surface area (Å²) in [5.74, 6) is 0.432. The monoisotopic (exact) mass is 318 g/mol. The third-order valence-electron chi connectivity index (χ3n) is 4.83. The first-order chi connectivity index (χ1) is 9.95. The van der Waals surface area contributed by atoms with Crippen molar-refractivity contribution in [2.45, 2.75) is 31.7 Å². The molecule has 0 spiro atoms. The highest BCUT2D eigenvalue weighted by atomic mass is 32.2. The maximum Gasteiger partial charge on any atom is 0.281 e. The molecule has 0 aromatic carbocycles. The summed E-state index contributed by atoms with van der Waals surface area (Å²) in [6.07, 6.45) is 4.34. The smallest absolute Gasteiger partial charge is 0.281 e. The summed E-state index contributed by atoms with van der Waals surface area (Å²) in [5.41, 5.74) is 0.